The molecule has 0 heterocycles. The third kappa shape index (κ3) is 4.44. The highest BCUT2D eigenvalue weighted by atomic mass is 79.9. The molecule has 0 aromatic rings. The van der Waals surface area contributed by atoms with Crippen LogP contribution in [-0.4, -0.2) is 10.1 Å². The molecule has 0 amide bonds. The zero-order chi connectivity index (χ0) is 4.28. The molecule has 0 radical (unpaired) electrons. The van der Waals surface area contributed by atoms with E-state index < -0.39 is 0 Å². The molecule has 0 aromatic carbocycles. The van der Waals surface area contributed by atoms with Crippen LogP contribution < -0.4 is 0 Å². The van der Waals surface area contributed by atoms with Crippen molar-refractivity contribution in [2.45, 2.75) is 18.4 Å². The fraction of sp³-hybridized carbons (Fsp3) is 1.00. The second kappa shape index (κ2) is 2.67. The molecule has 0 unspecified atom stereocenters. The zero-order valence-electron chi connectivity index (χ0n) is 3.11. The van der Waals surface area contributed by atoms with Crippen molar-refractivity contribution in [3.05, 3.63) is 0 Å². The average molecular weight is 139 g/mol. The second-order valence-corrected chi connectivity index (χ2v) is 1.90. The molecule has 0 saturated carbocycles. The van der Waals surface area contributed by atoms with E-state index >= 15 is 0 Å². The van der Waals surface area contributed by atoms with Gasteiger partial charge >= 0.3 is 0 Å². The summed E-state index contributed by atoms with van der Waals surface area (Å²) in [5.74, 6) is 0. The van der Waals surface area contributed by atoms with E-state index in [0.29, 0.717) is 0 Å². The Balaban J connectivity index is 2.54. The lowest BCUT2D eigenvalue weighted by atomic mass is 10.5. The predicted octanol–water partition coefficient (Wildman–Crippen LogP) is 1.11. The summed E-state index contributed by atoms with van der Waals surface area (Å²) < 4.78 is 0. The summed E-state index contributed by atoms with van der Waals surface area (Å²) in [5.41, 5.74) is 0. The van der Waals surface area contributed by atoms with Crippen molar-refractivity contribution in [1.29, 1.82) is 0 Å². The lowest BCUT2D eigenvalue weighted by Crippen LogP contribution is -1.87. The van der Waals surface area contributed by atoms with Crippen molar-refractivity contribution in [2.24, 2.45) is 0 Å². The van der Waals surface area contributed by atoms with Gasteiger partial charge in [0.05, 0.1) is 0 Å². The van der Waals surface area contributed by atoms with Gasteiger partial charge in [-0.1, -0.05) is 22.9 Å². The van der Waals surface area contributed by atoms with Gasteiger partial charge in [-0.15, -0.1) is 0 Å². The summed E-state index contributed by atoms with van der Waals surface area (Å²) in [6, 6.07) is 0. The second-order valence-electron chi connectivity index (χ2n) is 0.843. The maximum absolute atomic E-state index is 8.28. The molecule has 5 heavy (non-hydrogen) atoms. The number of halogens is 1. The number of aliphatic hydroxyl groups is 1. The first kappa shape index (κ1) is 5.44. The molecule has 0 saturated heterocycles. The van der Waals surface area contributed by atoms with E-state index in [9.17, 15) is 0 Å². The normalized spacial score (nSPS) is 15.0. The van der Waals surface area contributed by atoms with Gasteiger partial charge in [-0.2, -0.15) is 0 Å². The number of aliphatic hydroxyl groups excluding tert-OH is 1. The van der Waals surface area contributed by atoms with E-state index in [4.69, 9.17) is 5.11 Å². The summed E-state index contributed by atoms with van der Waals surface area (Å²) in [6.07, 6.45) is 0.778. The van der Waals surface area contributed by atoms with E-state index in [0.717, 1.165) is 6.42 Å². The fourth-order valence-electron chi connectivity index (χ4n) is 0. The van der Waals surface area contributed by atoms with E-state index in [-0.39, 0.29) is 5.01 Å². The van der Waals surface area contributed by atoms with Crippen LogP contribution in [-0.2, 0) is 0 Å². The number of hydrogen-bond acceptors (Lipinski definition) is 1. The Hall–Kier alpha value is 0.440. The molecular formula is C3H7BrO. The molecule has 1 nitrogen and oxygen atoms in total. The molecule has 0 rings (SSSR count). The van der Waals surface area contributed by atoms with Crippen molar-refractivity contribution < 1.29 is 5.11 Å². The Labute approximate surface area is 40.1 Å². The third-order valence-corrected chi connectivity index (χ3v) is 0.984. The van der Waals surface area contributed by atoms with E-state index in [2.05, 4.69) is 15.9 Å². The van der Waals surface area contributed by atoms with Crippen LogP contribution in [0.15, 0.2) is 0 Å². The van der Waals surface area contributed by atoms with Gasteiger partial charge in [-0.25, -0.2) is 0 Å². The molecule has 0 aliphatic heterocycles. The monoisotopic (exact) mass is 138 g/mol. The van der Waals surface area contributed by atoms with Gasteiger partial charge in [0.1, 0.15) is 5.01 Å². The molecule has 0 bridgehead atoms. The summed E-state index contributed by atoms with van der Waals surface area (Å²) >= 11 is 2.93. The molecule has 0 fully saturated rings. The minimum absolute atomic E-state index is 0.303. The molecular weight excluding hydrogens is 132 g/mol. The smallest absolute Gasteiger partial charge is 0.108 e. The Morgan fingerprint density at radius 2 is 2.20 bits per heavy atom. The van der Waals surface area contributed by atoms with E-state index in [1.165, 1.54) is 0 Å². The van der Waals surface area contributed by atoms with Crippen molar-refractivity contribution in [3.8, 4) is 0 Å². The number of rotatable bonds is 1. The minimum Gasteiger partial charge on any atom is -0.382 e. The third-order valence-electron chi connectivity index (χ3n) is 0.337. The molecule has 1 atom stereocenters. The molecule has 0 spiro atoms. The van der Waals surface area contributed by atoms with Gasteiger partial charge in [-0.05, 0) is 6.42 Å². The van der Waals surface area contributed by atoms with Gasteiger partial charge in [0.15, 0.2) is 0 Å². The average Bonchev–Trinajstić information content (AvgIpc) is 1.38. The maximum atomic E-state index is 8.28. The van der Waals surface area contributed by atoms with Crippen molar-refractivity contribution in [1.82, 2.24) is 0 Å². The standard InChI is InChI=1S/C3H7BrO/c1-2-3(4)5/h3,5H,2H2,1H3/t3-/m0/s1. The quantitative estimate of drug-likeness (QED) is 0.539. The van der Waals surface area contributed by atoms with Crippen molar-refractivity contribution >= 4 is 15.9 Å². The number of alkyl halides is 1. The van der Waals surface area contributed by atoms with Crippen molar-refractivity contribution in [3.63, 3.8) is 0 Å². The van der Waals surface area contributed by atoms with Crippen LogP contribution in [0.3, 0.4) is 0 Å². The van der Waals surface area contributed by atoms with Crippen LogP contribution >= 0.6 is 15.9 Å². The van der Waals surface area contributed by atoms with Crippen LogP contribution in [0.5, 0.6) is 0 Å². The minimum atomic E-state index is -0.303. The van der Waals surface area contributed by atoms with Crippen molar-refractivity contribution in [2.75, 3.05) is 0 Å². The van der Waals surface area contributed by atoms with Gasteiger partial charge in [0, 0.05) is 0 Å². The Bertz CT molecular complexity index is 20.9. The van der Waals surface area contributed by atoms with Gasteiger partial charge in [-0.3, -0.25) is 0 Å². The van der Waals surface area contributed by atoms with E-state index in [1.54, 1.807) is 0 Å². The highest BCUT2D eigenvalue weighted by Crippen LogP contribution is 1.95. The van der Waals surface area contributed by atoms with Gasteiger partial charge in [0.25, 0.3) is 0 Å². The first-order valence-electron chi connectivity index (χ1n) is 1.59. The lowest BCUT2D eigenvalue weighted by Gasteiger charge is -1.88. The first-order valence-corrected chi connectivity index (χ1v) is 2.51. The van der Waals surface area contributed by atoms with Gasteiger partial charge in [0.2, 0.25) is 0 Å². The molecule has 0 aliphatic carbocycles. The highest BCUT2D eigenvalue weighted by molar-refractivity contribution is 9.09. The van der Waals surface area contributed by atoms with E-state index in [1.807, 2.05) is 6.92 Å². The lowest BCUT2D eigenvalue weighted by molar-refractivity contribution is 0.266. The summed E-state index contributed by atoms with van der Waals surface area (Å²) in [5, 5.41) is 7.97. The zero-order valence-corrected chi connectivity index (χ0v) is 4.70. The fourth-order valence-corrected chi connectivity index (χ4v) is 0. The topological polar surface area (TPSA) is 20.2 Å². The number of hydrogen-bond donors (Lipinski definition) is 1. The van der Waals surface area contributed by atoms with Crippen LogP contribution in [0.1, 0.15) is 13.3 Å². The molecule has 0 aliphatic rings. The summed E-state index contributed by atoms with van der Waals surface area (Å²) in [4.78, 5) is 0. The summed E-state index contributed by atoms with van der Waals surface area (Å²) in [6.45, 7) is 1.90. The molecule has 0 aromatic heterocycles. The maximum Gasteiger partial charge on any atom is 0.108 e. The largest absolute Gasteiger partial charge is 0.382 e. The van der Waals surface area contributed by atoms with Crippen LogP contribution in [0.25, 0.3) is 0 Å². The van der Waals surface area contributed by atoms with Gasteiger partial charge < -0.3 is 5.11 Å². The van der Waals surface area contributed by atoms with Crippen LogP contribution in [0, 0.1) is 0 Å². The first-order chi connectivity index (χ1) is 2.27. The Morgan fingerprint density at radius 3 is 2.20 bits per heavy atom. The van der Waals surface area contributed by atoms with Crippen LogP contribution in [0.4, 0.5) is 0 Å². The molecule has 1 N–H and O–H groups in total. The molecule has 2 heteroatoms. The Morgan fingerprint density at radius 1 is 2.00 bits per heavy atom. The molecule has 32 valence electrons. The van der Waals surface area contributed by atoms with Crippen LogP contribution in [0.2, 0.25) is 0 Å². The Kier molecular flexibility index (Phi) is 2.90. The SMILES string of the molecule is CC[C@H](O)Br. The predicted molar refractivity (Wildman–Crippen MR) is 25.2 cm³/mol. The summed E-state index contributed by atoms with van der Waals surface area (Å²) in [7, 11) is 0. The highest BCUT2D eigenvalue weighted by Gasteiger charge is 1.84.